The number of nitrogen functional groups attached to an aromatic ring is 1. The molecule has 0 aromatic carbocycles. The van der Waals surface area contributed by atoms with Crippen LogP contribution in [-0.2, 0) is 4.74 Å². The molecule has 20 heavy (non-hydrogen) atoms. The maximum absolute atomic E-state index is 11.0. The van der Waals surface area contributed by atoms with Gasteiger partial charge in [-0.15, -0.1) is 0 Å². The van der Waals surface area contributed by atoms with Gasteiger partial charge in [-0.3, -0.25) is 4.68 Å². The molecular formula is C14H21N3O3. The minimum absolute atomic E-state index is 0.0226. The van der Waals surface area contributed by atoms with Crippen LogP contribution in [0.4, 0.5) is 5.69 Å². The molecular weight excluding hydrogens is 258 g/mol. The third kappa shape index (κ3) is 2.40. The Morgan fingerprint density at radius 2 is 2.20 bits per heavy atom. The lowest BCUT2D eigenvalue weighted by Crippen LogP contribution is -2.42. The number of carboxylic acids is 1. The molecule has 2 heterocycles. The van der Waals surface area contributed by atoms with Gasteiger partial charge in [-0.25, -0.2) is 4.79 Å². The molecule has 0 radical (unpaired) electrons. The van der Waals surface area contributed by atoms with Crippen LogP contribution in [0.25, 0.3) is 0 Å². The lowest BCUT2D eigenvalue weighted by atomic mass is 9.78. The summed E-state index contributed by atoms with van der Waals surface area (Å²) in [6.07, 6.45) is 9.35. The maximum atomic E-state index is 11.0. The Morgan fingerprint density at radius 1 is 1.45 bits per heavy atom. The van der Waals surface area contributed by atoms with Gasteiger partial charge in [-0.2, -0.15) is 5.10 Å². The molecule has 1 spiro atoms. The molecule has 110 valence electrons. The number of nitrogens with zero attached hydrogens (tertiary/aromatic N) is 2. The molecule has 6 nitrogen and oxygen atoms in total. The largest absolute Gasteiger partial charge is 0.476 e. The topological polar surface area (TPSA) is 90.4 Å². The smallest absolute Gasteiger partial charge is 0.358 e. The Bertz CT molecular complexity index is 500. The zero-order valence-electron chi connectivity index (χ0n) is 11.5. The fraction of sp³-hybridized carbons (Fsp3) is 0.714. The van der Waals surface area contributed by atoms with Crippen LogP contribution in [0, 0.1) is 0 Å². The predicted octanol–water partition coefficient (Wildman–Crippen LogP) is 2.22. The number of aromatic carboxylic acids is 1. The van der Waals surface area contributed by atoms with E-state index < -0.39 is 5.97 Å². The van der Waals surface area contributed by atoms with Crippen molar-refractivity contribution >= 4 is 11.7 Å². The van der Waals surface area contributed by atoms with E-state index in [2.05, 4.69) is 5.10 Å². The zero-order chi connectivity index (χ0) is 14.2. The molecule has 0 amide bonds. The summed E-state index contributed by atoms with van der Waals surface area (Å²) < 4.78 is 7.79. The van der Waals surface area contributed by atoms with E-state index in [0.717, 1.165) is 25.7 Å². The summed E-state index contributed by atoms with van der Waals surface area (Å²) in [6.45, 7) is 0.715. The number of anilines is 1. The van der Waals surface area contributed by atoms with Crippen LogP contribution in [-0.4, -0.2) is 33.1 Å². The van der Waals surface area contributed by atoms with E-state index in [1.165, 1.54) is 19.3 Å². The number of carboxylic acid groups (broad SMARTS) is 1. The average molecular weight is 279 g/mol. The Kier molecular flexibility index (Phi) is 3.41. The van der Waals surface area contributed by atoms with E-state index in [1.54, 1.807) is 10.9 Å². The summed E-state index contributed by atoms with van der Waals surface area (Å²) in [5.41, 5.74) is 5.89. The molecule has 1 aromatic rings. The lowest BCUT2D eigenvalue weighted by molar-refractivity contribution is -0.115. The summed E-state index contributed by atoms with van der Waals surface area (Å²) >= 11 is 0. The fourth-order valence-corrected chi connectivity index (χ4v) is 3.53. The summed E-state index contributed by atoms with van der Waals surface area (Å²) in [5.74, 6) is -1.07. The Hall–Kier alpha value is -1.56. The highest BCUT2D eigenvalue weighted by molar-refractivity contribution is 5.91. The molecule has 1 saturated carbocycles. The van der Waals surface area contributed by atoms with Gasteiger partial charge in [0.1, 0.15) is 0 Å². The zero-order valence-corrected chi connectivity index (χ0v) is 11.5. The van der Waals surface area contributed by atoms with Gasteiger partial charge < -0.3 is 15.6 Å². The second-order valence-corrected chi connectivity index (χ2v) is 5.96. The predicted molar refractivity (Wildman–Crippen MR) is 73.6 cm³/mol. The van der Waals surface area contributed by atoms with Gasteiger partial charge in [0.15, 0.2) is 5.69 Å². The lowest BCUT2D eigenvalue weighted by Gasteiger charge is -2.43. The third-order valence-electron chi connectivity index (χ3n) is 4.57. The monoisotopic (exact) mass is 279 g/mol. The van der Waals surface area contributed by atoms with Gasteiger partial charge in [-0.1, -0.05) is 19.3 Å². The van der Waals surface area contributed by atoms with Crippen molar-refractivity contribution in [3.63, 3.8) is 0 Å². The molecule has 3 N–H and O–H groups in total. The number of hydrogen-bond donors (Lipinski definition) is 2. The summed E-state index contributed by atoms with van der Waals surface area (Å²) in [7, 11) is 0. The summed E-state index contributed by atoms with van der Waals surface area (Å²) in [4.78, 5) is 11.0. The van der Waals surface area contributed by atoms with Crippen molar-refractivity contribution in [3.8, 4) is 0 Å². The molecule has 6 heteroatoms. The van der Waals surface area contributed by atoms with Crippen LogP contribution in [0.1, 0.15) is 61.5 Å². The van der Waals surface area contributed by atoms with Gasteiger partial charge in [0.05, 0.1) is 17.3 Å². The van der Waals surface area contributed by atoms with E-state index in [0.29, 0.717) is 6.61 Å². The average Bonchev–Trinajstić information content (AvgIpc) is 2.82. The van der Waals surface area contributed by atoms with E-state index in [1.807, 2.05) is 0 Å². The van der Waals surface area contributed by atoms with Crippen molar-refractivity contribution in [1.29, 1.82) is 0 Å². The van der Waals surface area contributed by atoms with E-state index in [4.69, 9.17) is 15.6 Å². The molecule has 1 saturated heterocycles. The molecule has 1 unspecified atom stereocenters. The van der Waals surface area contributed by atoms with Crippen LogP contribution in [0.2, 0.25) is 0 Å². The minimum atomic E-state index is -1.07. The van der Waals surface area contributed by atoms with E-state index >= 15 is 0 Å². The summed E-state index contributed by atoms with van der Waals surface area (Å²) in [6, 6.07) is 0.192. The van der Waals surface area contributed by atoms with Gasteiger partial charge in [-0.05, 0) is 25.7 Å². The minimum Gasteiger partial charge on any atom is -0.476 e. The van der Waals surface area contributed by atoms with Gasteiger partial charge >= 0.3 is 5.97 Å². The molecule has 1 aliphatic heterocycles. The number of rotatable bonds is 2. The highest BCUT2D eigenvalue weighted by Gasteiger charge is 2.39. The van der Waals surface area contributed by atoms with Crippen LogP contribution in [0.15, 0.2) is 6.20 Å². The van der Waals surface area contributed by atoms with Crippen molar-refractivity contribution in [2.45, 2.75) is 56.6 Å². The van der Waals surface area contributed by atoms with Crippen molar-refractivity contribution < 1.29 is 14.6 Å². The highest BCUT2D eigenvalue weighted by atomic mass is 16.5. The second-order valence-electron chi connectivity index (χ2n) is 5.96. The molecule has 1 aliphatic carbocycles. The second kappa shape index (κ2) is 5.09. The number of ether oxygens (including phenoxy) is 1. The Balaban J connectivity index is 1.79. The summed E-state index contributed by atoms with van der Waals surface area (Å²) in [5, 5.41) is 13.2. The first kappa shape index (κ1) is 13.4. The molecule has 0 bridgehead atoms. The van der Waals surface area contributed by atoms with Gasteiger partial charge in [0.2, 0.25) is 0 Å². The molecule has 1 aromatic heterocycles. The van der Waals surface area contributed by atoms with Crippen molar-refractivity contribution in [3.05, 3.63) is 11.9 Å². The Morgan fingerprint density at radius 3 is 2.85 bits per heavy atom. The quantitative estimate of drug-likeness (QED) is 0.866. The Labute approximate surface area is 117 Å². The first-order valence-corrected chi connectivity index (χ1v) is 7.32. The number of hydrogen-bond acceptors (Lipinski definition) is 4. The molecule has 2 aliphatic rings. The number of aromatic nitrogens is 2. The van der Waals surface area contributed by atoms with Crippen LogP contribution in [0.3, 0.4) is 0 Å². The molecule has 1 atom stereocenters. The van der Waals surface area contributed by atoms with E-state index in [-0.39, 0.29) is 23.0 Å². The van der Waals surface area contributed by atoms with Crippen molar-refractivity contribution in [2.24, 2.45) is 0 Å². The SMILES string of the molecule is Nc1cn(C2CCOC3(CCCCC3)C2)nc1C(=O)O. The van der Waals surface area contributed by atoms with Crippen molar-refractivity contribution in [1.82, 2.24) is 9.78 Å². The number of carbonyl (C=O) groups is 1. The molecule has 3 rings (SSSR count). The fourth-order valence-electron chi connectivity index (χ4n) is 3.53. The first-order valence-electron chi connectivity index (χ1n) is 7.32. The van der Waals surface area contributed by atoms with Crippen molar-refractivity contribution in [2.75, 3.05) is 12.3 Å². The highest BCUT2D eigenvalue weighted by Crippen LogP contribution is 2.42. The van der Waals surface area contributed by atoms with E-state index in [9.17, 15) is 4.79 Å². The van der Waals surface area contributed by atoms with Crippen LogP contribution >= 0.6 is 0 Å². The molecule has 2 fully saturated rings. The van der Waals surface area contributed by atoms with Gasteiger partial charge in [0, 0.05) is 12.8 Å². The first-order chi connectivity index (χ1) is 9.60. The van der Waals surface area contributed by atoms with Crippen LogP contribution < -0.4 is 5.73 Å². The maximum Gasteiger partial charge on any atom is 0.358 e. The third-order valence-corrected chi connectivity index (χ3v) is 4.57. The normalized spacial score (nSPS) is 25.7. The van der Waals surface area contributed by atoms with Gasteiger partial charge in [0.25, 0.3) is 0 Å². The van der Waals surface area contributed by atoms with Crippen LogP contribution in [0.5, 0.6) is 0 Å². The standard InChI is InChI=1S/C14H21N3O3/c15-11-9-17(16-12(11)13(18)19)10-4-7-20-14(8-10)5-2-1-3-6-14/h9-10H,1-8,15H2,(H,18,19). The number of nitrogens with two attached hydrogens (primary N) is 1.